The van der Waals surface area contributed by atoms with Gasteiger partial charge in [0.15, 0.2) is 0 Å². The predicted octanol–water partition coefficient (Wildman–Crippen LogP) is 2.63. The largest absolute Gasteiger partial charge is 0.378 e. The van der Waals surface area contributed by atoms with E-state index in [1.165, 1.54) is 5.56 Å². The van der Waals surface area contributed by atoms with Gasteiger partial charge in [-0.1, -0.05) is 41.9 Å². The van der Waals surface area contributed by atoms with Crippen LogP contribution in [0.4, 0.5) is 0 Å². The van der Waals surface area contributed by atoms with E-state index in [4.69, 9.17) is 16.3 Å². The summed E-state index contributed by atoms with van der Waals surface area (Å²) >= 11 is 6.31. The second-order valence-corrected chi connectivity index (χ2v) is 7.08. The smallest absolute Gasteiger partial charge is 0.0951 e. The molecular weight excluding hydrogens is 324 g/mol. The third kappa shape index (κ3) is 3.09. The van der Waals surface area contributed by atoms with Crippen LogP contribution in [0.1, 0.15) is 23.0 Å². The highest BCUT2D eigenvalue weighted by Crippen LogP contribution is 2.30. The summed E-state index contributed by atoms with van der Waals surface area (Å²) in [6.07, 6.45) is 0. The molecule has 0 bridgehead atoms. The molecule has 4 rings (SSSR count). The number of hydrogen-bond acceptors (Lipinski definition) is 4. The lowest BCUT2D eigenvalue weighted by atomic mass is 10.00. The van der Waals surface area contributed by atoms with Crippen molar-refractivity contribution in [3.63, 3.8) is 0 Å². The van der Waals surface area contributed by atoms with Gasteiger partial charge in [-0.3, -0.25) is 14.9 Å². The Morgan fingerprint density at radius 3 is 2.83 bits per heavy atom. The molecule has 128 valence electrons. The summed E-state index contributed by atoms with van der Waals surface area (Å²) < 4.78 is 5.92. The van der Waals surface area contributed by atoms with Gasteiger partial charge < -0.3 is 4.74 Å². The minimum atomic E-state index is 0.364. The highest BCUT2D eigenvalue weighted by Gasteiger charge is 2.36. The second-order valence-electron chi connectivity index (χ2n) is 6.70. The fraction of sp³-hybridized carbons (Fsp3) is 0.500. The van der Waals surface area contributed by atoms with Crippen LogP contribution in [0, 0.1) is 6.92 Å². The summed E-state index contributed by atoms with van der Waals surface area (Å²) in [4.78, 5) is 5.03. The fourth-order valence-corrected chi connectivity index (χ4v) is 3.94. The lowest BCUT2D eigenvalue weighted by Crippen LogP contribution is -2.58. The van der Waals surface area contributed by atoms with E-state index in [-0.39, 0.29) is 0 Å². The Bertz CT molecular complexity index is 690. The average molecular weight is 347 g/mol. The van der Waals surface area contributed by atoms with Gasteiger partial charge in [0.1, 0.15) is 0 Å². The number of morpholine rings is 1. The van der Waals surface area contributed by atoms with Crippen molar-refractivity contribution < 1.29 is 4.74 Å². The third-order valence-corrected chi connectivity index (χ3v) is 5.60. The number of H-pyrrole nitrogens is 1. The molecule has 0 aliphatic carbocycles. The predicted molar refractivity (Wildman–Crippen MR) is 94.1 cm³/mol. The molecule has 1 N–H and O–H groups in total. The maximum Gasteiger partial charge on any atom is 0.0951 e. The molecule has 0 unspecified atom stereocenters. The maximum absolute atomic E-state index is 6.31. The van der Waals surface area contributed by atoms with Crippen molar-refractivity contribution in [1.29, 1.82) is 0 Å². The van der Waals surface area contributed by atoms with Gasteiger partial charge in [0.25, 0.3) is 0 Å². The van der Waals surface area contributed by atoms with Crippen LogP contribution in [-0.2, 0) is 11.3 Å². The number of ether oxygens (including phenoxy) is 1. The number of hydrogen-bond donors (Lipinski definition) is 1. The first-order chi connectivity index (χ1) is 11.7. The number of nitrogens with zero attached hydrogens (tertiary/aromatic N) is 3. The lowest BCUT2D eigenvalue weighted by molar-refractivity contribution is -0.0837. The molecular formula is C18H23ClN4O. The van der Waals surface area contributed by atoms with Gasteiger partial charge in [-0.2, -0.15) is 5.10 Å². The van der Waals surface area contributed by atoms with E-state index < -0.39 is 0 Å². The molecule has 1 aromatic carbocycles. The van der Waals surface area contributed by atoms with Crippen LogP contribution in [0.2, 0.25) is 5.02 Å². The zero-order chi connectivity index (χ0) is 16.5. The summed E-state index contributed by atoms with van der Waals surface area (Å²) in [5, 5.41) is 8.06. The molecule has 6 heteroatoms. The van der Waals surface area contributed by atoms with Crippen molar-refractivity contribution >= 4 is 11.6 Å². The number of rotatable bonds is 3. The van der Waals surface area contributed by atoms with Crippen LogP contribution in [0.15, 0.2) is 30.3 Å². The Morgan fingerprint density at radius 1 is 1.25 bits per heavy atom. The van der Waals surface area contributed by atoms with E-state index >= 15 is 0 Å². The minimum absolute atomic E-state index is 0.364. The Kier molecular flexibility index (Phi) is 4.59. The molecule has 2 aromatic rings. The molecule has 0 spiro atoms. The maximum atomic E-state index is 6.31. The third-order valence-electron chi connectivity index (χ3n) is 5.10. The number of aryl methyl sites for hydroxylation is 1. The summed E-state index contributed by atoms with van der Waals surface area (Å²) in [6, 6.07) is 11.5. The quantitative estimate of drug-likeness (QED) is 0.928. The first-order valence-corrected chi connectivity index (χ1v) is 8.90. The Balaban J connectivity index is 1.45. The van der Waals surface area contributed by atoms with E-state index in [1.54, 1.807) is 0 Å². The molecule has 2 atom stereocenters. The van der Waals surface area contributed by atoms with Crippen molar-refractivity contribution in [2.24, 2.45) is 0 Å². The van der Waals surface area contributed by atoms with Gasteiger partial charge in [0, 0.05) is 32.2 Å². The van der Waals surface area contributed by atoms with E-state index in [1.807, 2.05) is 6.92 Å². The fourth-order valence-electron chi connectivity index (χ4n) is 3.79. The minimum Gasteiger partial charge on any atom is -0.378 e. The van der Waals surface area contributed by atoms with Gasteiger partial charge in [-0.15, -0.1) is 0 Å². The first kappa shape index (κ1) is 16.1. The van der Waals surface area contributed by atoms with E-state index in [0.717, 1.165) is 55.8 Å². The number of aromatic amines is 1. The van der Waals surface area contributed by atoms with Crippen molar-refractivity contribution in [2.75, 3.05) is 32.8 Å². The number of halogens is 1. The topological polar surface area (TPSA) is 44.4 Å². The molecule has 3 heterocycles. The molecule has 2 fully saturated rings. The number of fused-ring (bicyclic) bond motifs is 1. The number of benzene rings is 1. The van der Waals surface area contributed by atoms with Gasteiger partial charge in [0.2, 0.25) is 0 Å². The second kappa shape index (κ2) is 6.84. The molecule has 1 aromatic heterocycles. The Hall–Kier alpha value is -1.40. The highest BCUT2D eigenvalue weighted by molar-refractivity contribution is 6.31. The lowest BCUT2D eigenvalue weighted by Gasteiger charge is -2.48. The molecule has 0 amide bonds. The first-order valence-electron chi connectivity index (χ1n) is 8.52. The van der Waals surface area contributed by atoms with Crippen LogP contribution in [-0.4, -0.2) is 58.9 Å². The molecule has 24 heavy (non-hydrogen) atoms. The molecule has 5 nitrogen and oxygen atoms in total. The van der Waals surface area contributed by atoms with Gasteiger partial charge in [-0.05, 0) is 12.5 Å². The van der Waals surface area contributed by atoms with Crippen LogP contribution in [0.25, 0.3) is 0 Å². The highest BCUT2D eigenvalue weighted by atomic mass is 35.5. The van der Waals surface area contributed by atoms with Crippen LogP contribution in [0.3, 0.4) is 0 Å². The Morgan fingerprint density at radius 2 is 2.08 bits per heavy atom. The monoisotopic (exact) mass is 346 g/mol. The van der Waals surface area contributed by atoms with Gasteiger partial charge in [0.05, 0.1) is 35.7 Å². The summed E-state index contributed by atoms with van der Waals surface area (Å²) in [6.45, 7) is 7.40. The van der Waals surface area contributed by atoms with E-state index in [2.05, 4.69) is 50.3 Å². The average Bonchev–Trinajstić information content (AvgIpc) is 2.94. The zero-order valence-corrected chi connectivity index (χ0v) is 14.7. The van der Waals surface area contributed by atoms with E-state index in [0.29, 0.717) is 12.1 Å². The SMILES string of the molecule is Cc1[nH]nc(CN2CCN3[C@@H](COC[C@@H]3c3ccccc3)C2)c1Cl. The van der Waals surface area contributed by atoms with Gasteiger partial charge in [-0.25, -0.2) is 0 Å². The van der Waals surface area contributed by atoms with Gasteiger partial charge >= 0.3 is 0 Å². The number of nitrogens with one attached hydrogen (secondary N) is 1. The summed E-state index contributed by atoms with van der Waals surface area (Å²) in [5.74, 6) is 0. The van der Waals surface area contributed by atoms with Crippen molar-refractivity contribution in [2.45, 2.75) is 25.6 Å². The zero-order valence-electron chi connectivity index (χ0n) is 13.9. The van der Waals surface area contributed by atoms with Crippen molar-refractivity contribution in [3.8, 4) is 0 Å². The molecule has 2 aliphatic rings. The van der Waals surface area contributed by atoms with Crippen molar-refractivity contribution in [3.05, 3.63) is 52.3 Å². The molecule has 0 radical (unpaired) electrons. The van der Waals surface area contributed by atoms with Crippen LogP contribution < -0.4 is 0 Å². The summed E-state index contributed by atoms with van der Waals surface area (Å²) in [7, 11) is 0. The Labute approximate surface area is 147 Å². The van der Waals surface area contributed by atoms with Crippen molar-refractivity contribution in [1.82, 2.24) is 20.0 Å². The standard InChI is InChI=1S/C18H23ClN4O/c1-13-18(19)16(21-20-13)10-22-7-8-23-15(9-22)11-24-12-17(23)14-5-3-2-4-6-14/h2-6,15,17H,7-12H2,1H3,(H,20,21)/t15-,17-/m1/s1. The molecule has 2 saturated heterocycles. The summed E-state index contributed by atoms with van der Waals surface area (Å²) in [5.41, 5.74) is 3.23. The number of aromatic nitrogens is 2. The normalized spacial score (nSPS) is 25.6. The number of piperazine rings is 1. The van der Waals surface area contributed by atoms with Crippen LogP contribution in [0.5, 0.6) is 0 Å². The van der Waals surface area contributed by atoms with Crippen LogP contribution >= 0.6 is 11.6 Å². The van der Waals surface area contributed by atoms with E-state index in [9.17, 15) is 0 Å². The molecule has 0 saturated carbocycles. The molecule has 2 aliphatic heterocycles.